The van der Waals surface area contributed by atoms with Crippen LogP contribution in [-0.2, 0) is 9.53 Å². The average Bonchev–Trinajstić information content (AvgIpc) is 2.59. The van der Waals surface area contributed by atoms with Crippen molar-refractivity contribution < 1.29 is 19.1 Å². The molecule has 2 N–H and O–H groups in total. The van der Waals surface area contributed by atoms with Gasteiger partial charge in [-0.25, -0.2) is 4.79 Å². The zero-order valence-electron chi connectivity index (χ0n) is 16.2. The molecule has 0 spiro atoms. The molecule has 1 aliphatic carbocycles. The molecule has 0 unspecified atom stereocenters. The van der Waals surface area contributed by atoms with Gasteiger partial charge in [0, 0.05) is 17.6 Å². The lowest BCUT2D eigenvalue weighted by Gasteiger charge is -2.29. The summed E-state index contributed by atoms with van der Waals surface area (Å²) in [7, 11) is 0. The van der Waals surface area contributed by atoms with Crippen LogP contribution < -0.4 is 15.4 Å². The Hall–Kier alpha value is -1.95. The van der Waals surface area contributed by atoms with Crippen LogP contribution in [0.5, 0.6) is 5.75 Å². The fraction of sp³-hybridized carbons (Fsp3) is 0.600. The summed E-state index contributed by atoms with van der Waals surface area (Å²) in [4.78, 5) is 23.8. The van der Waals surface area contributed by atoms with E-state index in [1.807, 2.05) is 20.8 Å². The van der Waals surface area contributed by atoms with Crippen LogP contribution in [0.1, 0.15) is 46.5 Å². The molecule has 0 aliphatic heterocycles. The maximum absolute atomic E-state index is 12.0. The summed E-state index contributed by atoms with van der Waals surface area (Å²) in [6.45, 7) is 6.13. The lowest BCUT2D eigenvalue weighted by molar-refractivity contribution is -0.124. The van der Waals surface area contributed by atoms with Gasteiger partial charge in [0.2, 0.25) is 0 Å². The molecule has 0 heterocycles. The predicted molar refractivity (Wildman–Crippen MR) is 105 cm³/mol. The topological polar surface area (TPSA) is 76.7 Å². The number of carbonyl (C=O) groups excluding carboxylic acids is 2. The second kappa shape index (κ2) is 9.83. The predicted octanol–water partition coefficient (Wildman–Crippen LogP) is 3.92. The summed E-state index contributed by atoms with van der Waals surface area (Å²) in [6.07, 6.45) is 3.33. The van der Waals surface area contributed by atoms with E-state index in [4.69, 9.17) is 21.1 Å². The molecule has 0 saturated heterocycles. The third-order valence-electron chi connectivity index (χ3n) is 4.33. The van der Waals surface area contributed by atoms with Gasteiger partial charge in [-0.05, 0) is 76.6 Å². The third-order valence-corrected chi connectivity index (χ3v) is 4.58. The number of nitrogens with one attached hydrogen (secondary N) is 2. The van der Waals surface area contributed by atoms with E-state index in [0.717, 1.165) is 25.7 Å². The van der Waals surface area contributed by atoms with Crippen LogP contribution in [0, 0.1) is 5.92 Å². The molecule has 1 fully saturated rings. The van der Waals surface area contributed by atoms with E-state index < -0.39 is 5.60 Å². The summed E-state index contributed by atoms with van der Waals surface area (Å²) >= 11 is 5.82. The summed E-state index contributed by atoms with van der Waals surface area (Å²) in [5.41, 5.74) is -0.486. The molecule has 2 amide bonds. The van der Waals surface area contributed by atoms with Crippen LogP contribution in [0.3, 0.4) is 0 Å². The van der Waals surface area contributed by atoms with Gasteiger partial charge >= 0.3 is 6.09 Å². The van der Waals surface area contributed by atoms with Crippen molar-refractivity contribution in [3.63, 3.8) is 0 Å². The summed E-state index contributed by atoms with van der Waals surface area (Å²) in [5, 5.41) is 6.47. The van der Waals surface area contributed by atoms with Crippen molar-refractivity contribution in [1.82, 2.24) is 10.6 Å². The Kier molecular flexibility index (Phi) is 7.78. The number of rotatable bonds is 6. The van der Waals surface area contributed by atoms with Gasteiger partial charge in [0.05, 0.1) is 0 Å². The van der Waals surface area contributed by atoms with Crippen molar-refractivity contribution in [2.45, 2.75) is 58.1 Å². The highest BCUT2D eigenvalue weighted by atomic mass is 35.5. The lowest BCUT2D eigenvalue weighted by Crippen LogP contribution is -2.42. The molecule has 1 aliphatic rings. The second-order valence-electron chi connectivity index (χ2n) is 7.91. The van der Waals surface area contributed by atoms with Gasteiger partial charge < -0.3 is 20.1 Å². The number of carbonyl (C=O) groups is 2. The molecular formula is C20H29ClN2O4. The fourth-order valence-electron chi connectivity index (χ4n) is 3.00. The molecule has 27 heavy (non-hydrogen) atoms. The largest absolute Gasteiger partial charge is 0.484 e. The van der Waals surface area contributed by atoms with Crippen LogP contribution in [-0.4, -0.2) is 36.8 Å². The molecule has 150 valence electrons. The van der Waals surface area contributed by atoms with Crippen molar-refractivity contribution in [3.8, 4) is 5.75 Å². The molecule has 1 aromatic rings. The first-order valence-electron chi connectivity index (χ1n) is 9.36. The number of halogens is 1. The summed E-state index contributed by atoms with van der Waals surface area (Å²) < 4.78 is 10.7. The average molecular weight is 397 g/mol. The molecule has 7 heteroatoms. The normalized spacial score (nSPS) is 19.9. The Labute approximate surface area is 165 Å². The van der Waals surface area contributed by atoms with Crippen molar-refractivity contribution in [2.75, 3.05) is 13.2 Å². The zero-order chi connectivity index (χ0) is 19.9. The Morgan fingerprint density at radius 2 is 1.74 bits per heavy atom. The molecule has 2 rings (SSSR count). The van der Waals surface area contributed by atoms with Crippen LogP contribution >= 0.6 is 11.6 Å². The van der Waals surface area contributed by atoms with Crippen LogP contribution in [0.25, 0.3) is 0 Å². The van der Waals surface area contributed by atoms with Crippen LogP contribution in [0.4, 0.5) is 4.79 Å². The fourth-order valence-corrected chi connectivity index (χ4v) is 3.13. The third kappa shape index (κ3) is 8.52. The Morgan fingerprint density at radius 1 is 1.11 bits per heavy atom. The van der Waals surface area contributed by atoms with Crippen molar-refractivity contribution in [1.29, 1.82) is 0 Å². The molecule has 1 saturated carbocycles. The molecular weight excluding hydrogens is 368 g/mol. The van der Waals surface area contributed by atoms with Gasteiger partial charge in [0.25, 0.3) is 5.91 Å². The van der Waals surface area contributed by atoms with Crippen molar-refractivity contribution in [2.24, 2.45) is 5.92 Å². The van der Waals surface area contributed by atoms with Gasteiger partial charge in [-0.1, -0.05) is 11.6 Å². The molecule has 0 aromatic heterocycles. The highest BCUT2D eigenvalue weighted by molar-refractivity contribution is 6.30. The number of alkyl carbamates (subject to hydrolysis) is 1. The Morgan fingerprint density at radius 3 is 2.33 bits per heavy atom. The van der Waals surface area contributed by atoms with E-state index in [1.54, 1.807) is 24.3 Å². The molecule has 6 nitrogen and oxygen atoms in total. The van der Waals surface area contributed by atoms with Gasteiger partial charge in [0.1, 0.15) is 11.4 Å². The van der Waals surface area contributed by atoms with Gasteiger partial charge in [-0.2, -0.15) is 0 Å². The standard InChI is InChI=1S/C20H29ClN2O4/c1-20(2,3)27-19(25)22-12-14-4-8-16(9-5-14)23-18(24)13-26-17-10-6-15(21)7-11-17/h6-7,10-11,14,16H,4-5,8-9,12-13H2,1-3H3,(H,22,25)(H,23,24)/t14-,16-. The number of ether oxygens (including phenoxy) is 2. The Bertz CT molecular complexity index is 620. The molecule has 0 bridgehead atoms. The van der Waals surface area contributed by atoms with E-state index in [0.29, 0.717) is 23.2 Å². The minimum absolute atomic E-state index is 0.0121. The SMILES string of the molecule is CC(C)(C)OC(=O)NC[C@H]1CC[C@H](NC(=O)COc2ccc(Cl)cc2)CC1. The van der Waals surface area contributed by atoms with Crippen molar-refractivity contribution >= 4 is 23.6 Å². The quantitative estimate of drug-likeness (QED) is 0.764. The smallest absolute Gasteiger partial charge is 0.407 e. The highest BCUT2D eigenvalue weighted by Gasteiger charge is 2.24. The van der Waals surface area contributed by atoms with Crippen molar-refractivity contribution in [3.05, 3.63) is 29.3 Å². The molecule has 0 atom stereocenters. The number of hydrogen-bond donors (Lipinski definition) is 2. The lowest BCUT2D eigenvalue weighted by atomic mass is 9.86. The first-order chi connectivity index (χ1) is 12.7. The second-order valence-corrected chi connectivity index (χ2v) is 8.35. The van der Waals surface area contributed by atoms with Crippen LogP contribution in [0.15, 0.2) is 24.3 Å². The molecule has 1 aromatic carbocycles. The first kappa shape index (κ1) is 21.4. The van der Waals surface area contributed by atoms with E-state index in [1.165, 1.54) is 0 Å². The first-order valence-corrected chi connectivity index (χ1v) is 9.73. The minimum Gasteiger partial charge on any atom is -0.484 e. The minimum atomic E-state index is -0.486. The number of hydrogen-bond acceptors (Lipinski definition) is 4. The summed E-state index contributed by atoms with van der Waals surface area (Å²) in [6, 6.07) is 7.07. The maximum Gasteiger partial charge on any atom is 0.407 e. The zero-order valence-corrected chi connectivity index (χ0v) is 17.0. The van der Waals surface area contributed by atoms with Gasteiger partial charge in [-0.3, -0.25) is 4.79 Å². The van der Waals surface area contributed by atoms with Crippen LogP contribution in [0.2, 0.25) is 5.02 Å². The van der Waals surface area contributed by atoms with E-state index >= 15 is 0 Å². The number of benzene rings is 1. The van der Waals surface area contributed by atoms with E-state index in [2.05, 4.69) is 10.6 Å². The van der Waals surface area contributed by atoms with E-state index in [-0.39, 0.29) is 24.6 Å². The monoisotopic (exact) mass is 396 g/mol. The number of amides is 2. The Balaban J connectivity index is 1.61. The summed E-state index contributed by atoms with van der Waals surface area (Å²) in [5.74, 6) is 0.905. The maximum atomic E-state index is 12.0. The van der Waals surface area contributed by atoms with E-state index in [9.17, 15) is 9.59 Å². The molecule has 0 radical (unpaired) electrons. The van der Waals surface area contributed by atoms with Gasteiger partial charge in [-0.15, -0.1) is 0 Å². The van der Waals surface area contributed by atoms with Gasteiger partial charge in [0.15, 0.2) is 6.61 Å². The highest BCUT2D eigenvalue weighted by Crippen LogP contribution is 2.24.